The Morgan fingerprint density at radius 1 is 1.32 bits per heavy atom. The van der Waals surface area contributed by atoms with Gasteiger partial charge < -0.3 is 9.84 Å². The van der Waals surface area contributed by atoms with Crippen LogP contribution >= 0.6 is 0 Å². The number of aliphatic hydroxyl groups excluding tert-OH is 1. The summed E-state index contributed by atoms with van der Waals surface area (Å²) in [5.41, 5.74) is 2.43. The predicted octanol–water partition coefficient (Wildman–Crippen LogP) is 1.86. The van der Waals surface area contributed by atoms with Gasteiger partial charge in [-0.15, -0.1) is 0 Å². The summed E-state index contributed by atoms with van der Waals surface area (Å²) in [6.45, 7) is 4.53. The Kier molecular flexibility index (Phi) is 4.16. The van der Waals surface area contributed by atoms with Gasteiger partial charge in [-0.1, -0.05) is 6.92 Å². The van der Waals surface area contributed by atoms with Gasteiger partial charge in [-0.2, -0.15) is 5.10 Å². The van der Waals surface area contributed by atoms with Crippen molar-refractivity contribution in [2.75, 3.05) is 6.61 Å². The van der Waals surface area contributed by atoms with Gasteiger partial charge in [-0.25, -0.2) is 0 Å². The normalized spacial score (nSPS) is 12.4. The second-order valence-corrected chi connectivity index (χ2v) is 4.33. The van der Waals surface area contributed by atoms with E-state index >= 15 is 0 Å². The van der Waals surface area contributed by atoms with Crippen molar-refractivity contribution in [1.29, 1.82) is 0 Å². The number of hydrogen-bond donors (Lipinski definition) is 1. The highest BCUT2D eigenvalue weighted by Crippen LogP contribution is 2.24. The van der Waals surface area contributed by atoms with Crippen LogP contribution in [-0.4, -0.2) is 26.5 Å². The van der Waals surface area contributed by atoms with E-state index in [-0.39, 0.29) is 0 Å². The van der Waals surface area contributed by atoms with Gasteiger partial charge in [0.2, 0.25) is 0 Å². The molecule has 0 radical (unpaired) electrons. The summed E-state index contributed by atoms with van der Waals surface area (Å²) in [4.78, 5) is 4.09. The summed E-state index contributed by atoms with van der Waals surface area (Å²) in [6.07, 6.45) is 3.38. The first-order chi connectivity index (χ1) is 9.15. The van der Waals surface area contributed by atoms with E-state index < -0.39 is 6.10 Å². The van der Waals surface area contributed by atoms with Crippen LogP contribution in [0.3, 0.4) is 0 Å². The van der Waals surface area contributed by atoms with Crippen LogP contribution in [-0.2, 0) is 13.5 Å². The summed E-state index contributed by atoms with van der Waals surface area (Å²) >= 11 is 0. The number of aromatic nitrogens is 3. The SMILES string of the molecule is CCOc1cncc(C(O)c2cc(CC)nn2C)c1. The molecule has 0 saturated heterocycles. The maximum absolute atomic E-state index is 10.4. The van der Waals surface area contributed by atoms with Gasteiger partial charge in [0.05, 0.1) is 24.2 Å². The van der Waals surface area contributed by atoms with Crippen LogP contribution in [0.2, 0.25) is 0 Å². The summed E-state index contributed by atoms with van der Waals surface area (Å²) < 4.78 is 7.10. The van der Waals surface area contributed by atoms with Crippen LogP contribution in [0, 0.1) is 0 Å². The fraction of sp³-hybridized carbons (Fsp3) is 0.429. The Morgan fingerprint density at radius 3 is 2.74 bits per heavy atom. The first-order valence-electron chi connectivity index (χ1n) is 6.44. The topological polar surface area (TPSA) is 60.2 Å². The fourth-order valence-corrected chi connectivity index (χ4v) is 1.97. The molecule has 0 spiro atoms. The van der Waals surface area contributed by atoms with E-state index in [9.17, 15) is 5.11 Å². The van der Waals surface area contributed by atoms with E-state index in [0.717, 1.165) is 17.8 Å². The molecule has 5 nitrogen and oxygen atoms in total. The van der Waals surface area contributed by atoms with Gasteiger partial charge >= 0.3 is 0 Å². The molecule has 1 N–H and O–H groups in total. The molecule has 2 aromatic rings. The van der Waals surface area contributed by atoms with E-state index in [1.807, 2.05) is 27.0 Å². The third-order valence-electron chi connectivity index (χ3n) is 2.97. The molecule has 19 heavy (non-hydrogen) atoms. The van der Waals surface area contributed by atoms with Crippen molar-refractivity contribution in [2.45, 2.75) is 26.4 Å². The molecule has 5 heteroatoms. The number of aryl methyl sites for hydroxylation is 2. The molecule has 1 atom stereocenters. The van der Waals surface area contributed by atoms with E-state index in [4.69, 9.17) is 4.74 Å². The van der Waals surface area contributed by atoms with E-state index in [1.54, 1.807) is 23.1 Å². The van der Waals surface area contributed by atoms with E-state index in [0.29, 0.717) is 17.9 Å². The monoisotopic (exact) mass is 261 g/mol. The quantitative estimate of drug-likeness (QED) is 0.892. The number of pyridine rings is 1. The number of aliphatic hydroxyl groups is 1. The minimum Gasteiger partial charge on any atom is -0.492 e. The van der Waals surface area contributed by atoms with Crippen LogP contribution in [0.4, 0.5) is 0 Å². The highest BCUT2D eigenvalue weighted by atomic mass is 16.5. The number of hydrogen-bond acceptors (Lipinski definition) is 4. The highest BCUT2D eigenvalue weighted by Gasteiger charge is 2.16. The summed E-state index contributed by atoms with van der Waals surface area (Å²) in [5, 5.41) is 14.8. The number of rotatable bonds is 5. The van der Waals surface area contributed by atoms with E-state index in [2.05, 4.69) is 10.1 Å². The Morgan fingerprint density at radius 2 is 2.11 bits per heavy atom. The van der Waals surface area contributed by atoms with Crippen LogP contribution in [0.5, 0.6) is 5.75 Å². The summed E-state index contributed by atoms with van der Waals surface area (Å²) in [7, 11) is 1.83. The molecule has 0 aromatic carbocycles. The van der Waals surface area contributed by atoms with Gasteiger partial charge in [0, 0.05) is 18.8 Å². The third kappa shape index (κ3) is 2.93. The minimum atomic E-state index is -0.745. The molecule has 0 amide bonds. The molecule has 0 aliphatic rings. The van der Waals surface area contributed by atoms with Gasteiger partial charge in [0.25, 0.3) is 0 Å². The molecule has 102 valence electrons. The highest BCUT2D eigenvalue weighted by molar-refractivity contribution is 5.30. The zero-order valence-electron chi connectivity index (χ0n) is 11.5. The van der Waals surface area contributed by atoms with Gasteiger partial charge in [-0.05, 0) is 25.5 Å². The molecule has 0 saturated carbocycles. The zero-order chi connectivity index (χ0) is 13.8. The molecule has 0 fully saturated rings. The molecule has 2 rings (SSSR count). The van der Waals surface area contributed by atoms with Crippen molar-refractivity contribution >= 4 is 0 Å². The lowest BCUT2D eigenvalue weighted by molar-refractivity contribution is 0.208. The third-order valence-corrected chi connectivity index (χ3v) is 2.97. The molecule has 0 aliphatic heterocycles. The van der Waals surface area contributed by atoms with Crippen molar-refractivity contribution < 1.29 is 9.84 Å². The Balaban J connectivity index is 2.29. The van der Waals surface area contributed by atoms with Crippen molar-refractivity contribution in [3.05, 3.63) is 41.5 Å². The number of nitrogens with zero attached hydrogens (tertiary/aromatic N) is 3. The maximum atomic E-state index is 10.4. The second-order valence-electron chi connectivity index (χ2n) is 4.33. The summed E-state index contributed by atoms with van der Waals surface area (Å²) in [5.74, 6) is 0.664. The zero-order valence-corrected chi connectivity index (χ0v) is 11.5. The van der Waals surface area contributed by atoms with Crippen LogP contribution in [0.1, 0.15) is 36.9 Å². The lowest BCUT2D eigenvalue weighted by Gasteiger charge is -2.12. The predicted molar refractivity (Wildman–Crippen MR) is 72.1 cm³/mol. The molecule has 0 aliphatic carbocycles. The first kappa shape index (κ1) is 13.5. The first-order valence-corrected chi connectivity index (χ1v) is 6.44. The van der Waals surface area contributed by atoms with Crippen LogP contribution < -0.4 is 4.74 Å². The average Bonchev–Trinajstić information content (AvgIpc) is 2.80. The molecule has 2 heterocycles. The molecule has 1 unspecified atom stereocenters. The Bertz CT molecular complexity index is 551. The summed E-state index contributed by atoms with van der Waals surface area (Å²) in [6, 6.07) is 3.72. The average molecular weight is 261 g/mol. The minimum absolute atomic E-state index is 0.576. The van der Waals surface area contributed by atoms with Crippen LogP contribution in [0.15, 0.2) is 24.5 Å². The Labute approximate surface area is 112 Å². The smallest absolute Gasteiger partial charge is 0.137 e. The van der Waals surface area contributed by atoms with Gasteiger partial charge in [0.15, 0.2) is 0 Å². The molecular formula is C14H19N3O2. The number of ether oxygens (including phenoxy) is 1. The van der Waals surface area contributed by atoms with Crippen molar-refractivity contribution in [3.63, 3.8) is 0 Å². The fourth-order valence-electron chi connectivity index (χ4n) is 1.97. The standard InChI is InChI=1S/C14H19N3O2/c1-4-11-7-13(17(3)16-11)14(18)10-6-12(19-5-2)9-15-8-10/h6-9,14,18H,4-5H2,1-3H3. The largest absolute Gasteiger partial charge is 0.492 e. The maximum Gasteiger partial charge on any atom is 0.137 e. The molecule has 0 bridgehead atoms. The van der Waals surface area contributed by atoms with Crippen molar-refractivity contribution in [2.24, 2.45) is 7.05 Å². The van der Waals surface area contributed by atoms with Crippen molar-refractivity contribution in [1.82, 2.24) is 14.8 Å². The lowest BCUT2D eigenvalue weighted by Crippen LogP contribution is -2.07. The lowest BCUT2D eigenvalue weighted by atomic mass is 10.1. The van der Waals surface area contributed by atoms with Gasteiger partial charge in [0.1, 0.15) is 11.9 Å². The second kappa shape index (κ2) is 5.84. The Hall–Kier alpha value is -1.88. The molecule has 2 aromatic heterocycles. The van der Waals surface area contributed by atoms with Crippen LogP contribution in [0.25, 0.3) is 0 Å². The van der Waals surface area contributed by atoms with Gasteiger partial charge in [-0.3, -0.25) is 9.67 Å². The van der Waals surface area contributed by atoms with Crippen molar-refractivity contribution in [3.8, 4) is 5.75 Å². The van der Waals surface area contributed by atoms with E-state index in [1.165, 1.54) is 0 Å². The molecular weight excluding hydrogens is 242 g/mol.